The van der Waals surface area contributed by atoms with E-state index in [4.69, 9.17) is 5.26 Å². The first-order valence-corrected chi connectivity index (χ1v) is 7.57. The zero-order valence-electron chi connectivity index (χ0n) is 11.1. The van der Waals surface area contributed by atoms with E-state index in [0.29, 0.717) is 12.4 Å². The van der Waals surface area contributed by atoms with Gasteiger partial charge in [0.2, 0.25) is 10.0 Å². The Kier molecular flexibility index (Phi) is 5.73. The van der Waals surface area contributed by atoms with Crippen LogP contribution in [0.2, 0.25) is 0 Å². The van der Waals surface area contributed by atoms with Gasteiger partial charge in [-0.3, -0.25) is 0 Å². The van der Waals surface area contributed by atoms with Crippen LogP contribution in [0.3, 0.4) is 0 Å². The zero-order valence-corrected chi connectivity index (χ0v) is 11.9. The highest BCUT2D eigenvalue weighted by Crippen LogP contribution is 2.16. The molecule has 0 bridgehead atoms. The number of nitrogens with zero attached hydrogens (tertiary/aromatic N) is 3. The van der Waals surface area contributed by atoms with Gasteiger partial charge in [0.05, 0.1) is 6.07 Å². The van der Waals surface area contributed by atoms with Gasteiger partial charge in [0.1, 0.15) is 10.7 Å². The van der Waals surface area contributed by atoms with E-state index in [1.54, 1.807) is 13.0 Å². The van der Waals surface area contributed by atoms with Crippen molar-refractivity contribution in [3.05, 3.63) is 18.3 Å². The second-order valence-corrected chi connectivity index (χ2v) is 5.75. The number of rotatable bonds is 7. The van der Waals surface area contributed by atoms with Crippen molar-refractivity contribution in [2.75, 3.05) is 25.0 Å². The predicted molar refractivity (Wildman–Crippen MR) is 73.1 cm³/mol. The summed E-state index contributed by atoms with van der Waals surface area (Å²) in [5.41, 5.74) is 0. The fourth-order valence-electron chi connectivity index (χ4n) is 1.59. The standard InChI is InChI=1S/C12H18N4O2S/c1-3-14-12-7-6-11(10-15-12)19(17,18)16(4-2)9-5-8-13/h6-7,10H,3-5,9H2,1-2H3,(H,14,15). The fraction of sp³-hybridized carbons (Fsp3) is 0.500. The number of hydrogen-bond acceptors (Lipinski definition) is 5. The maximum Gasteiger partial charge on any atom is 0.244 e. The van der Waals surface area contributed by atoms with Crippen molar-refractivity contribution < 1.29 is 8.42 Å². The lowest BCUT2D eigenvalue weighted by Gasteiger charge is -2.19. The molecule has 104 valence electrons. The lowest BCUT2D eigenvalue weighted by Crippen LogP contribution is -2.31. The molecule has 0 aliphatic heterocycles. The normalized spacial score (nSPS) is 11.3. The Morgan fingerprint density at radius 1 is 1.42 bits per heavy atom. The fourth-order valence-corrected chi connectivity index (χ4v) is 2.99. The molecule has 0 aromatic carbocycles. The van der Waals surface area contributed by atoms with E-state index in [9.17, 15) is 8.42 Å². The lowest BCUT2D eigenvalue weighted by molar-refractivity contribution is 0.435. The molecule has 6 nitrogen and oxygen atoms in total. The van der Waals surface area contributed by atoms with Gasteiger partial charge in [0, 0.05) is 32.3 Å². The van der Waals surface area contributed by atoms with Gasteiger partial charge in [-0.1, -0.05) is 6.92 Å². The highest BCUT2D eigenvalue weighted by atomic mass is 32.2. The Hall–Kier alpha value is -1.65. The van der Waals surface area contributed by atoms with Gasteiger partial charge in [-0.05, 0) is 19.1 Å². The highest BCUT2D eigenvalue weighted by molar-refractivity contribution is 7.89. The van der Waals surface area contributed by atoms with Crippen LogP contribution < -0.4 is 5.32 Å². The van der Waals surface area contributed by atoms with Crippen molar-refractivity contribution in [2.45, 2.75) is 25.2 Å². The van der Waals surface area contributed by atoms with Gasteiger partial charge in [-0.25, -0.2) is 13.4 Å². The number of hydrogen-bond donors (Lipinski definition) is 1. The summed E-state index contributed by atoms with van der Waals surface area (Å²) in [5, 5.41) is 11.6. The smallest absolute Gasteiger partial charge is 0.244 e. The van der Waals surface area contributed by atoms with E-state index in [0.717, 1.165) is 6.54 Å². The van der Waals surface area contributed by atoms with E-state index in [-0.39, 0.29) is 17.9 Å². The monoisotopic (exact) mass is 282 g/mol. The summed E-state index contributed by atoms with van der Waals surface area (Å²) in [6.45, 7) is 4.94. The van der Waals surface area contributed by atoms with Crippen LogP contribution in [0, 0.1) is 11.3 Å². The Labute approximate surface area is 114 Å². The molecule has 0 aliphatic rings. The van der Waals surface area contributed by atoms with Crippen LogP contribution in [0.25, 0.3) is 0 Å². The highest BCUT2D eigenvalue weighted by Gasteiger charge is 2.22. The summed E-state index contributed by atoms with van der Waals surface area (Å²) in [5.74, 6) is 0.640. The van der Waals surface area contributed by atoms with Crippen molar-refractivity contribution in [3.8, 4) is 6.07 Å². The van der Waals surface area contributed by atoms with Crippen molar-refractivity contribution in [1.82, 2.24) is 9.29 Å². The molecule has 1 heterocycles. The Morgan fingerprint density at radius 3 is 2.63 bits per heavy atom. The molecular formula is C12H18N4O2S. The minimum Gasteiger partial charge on any atom is -0.370 e. The Morgan fingerprint density at radius 2 is 2.16 bits per heavy atom. The molecule has 0 amide bonds. The summed E-state index contributed by atoms with van der Waals surface area (Å²) in [6, 6.07) is 5.11. The van der Waals surface area contributed by atoms with E-state index in [1.807, 2.05) is 13.0 Å². The van der Waals surface area contributed by atoms with Crippen LogP contribution in [0.4, 0.5) is 5.82 Å². The van der Waals surface area contributed by atoms with E-state index in [1.165, 1.54) is 16.6 Å². The molecule has 0 fully saturated rings. The minimum atomic E-state index is -3.56. The quantitative estimate of drug-likeness (QED) is 0.817. The minimum absolute atomic E-state index is 0.147. The van der Waals surface area contributed by atoms with Crippen LogP contribution in [-0.4, -0.2) is 37.3 Å². The average Bonchev–Trinajstić information content (AvgIpc) is 2.40. The molecule has 1 aromatic heterocycles. The summed E-state index contributed by atoms with van der Waals surface area (Å²) >= 11 is 0. The number of anilines is 1. The third-order valence-electron chi connectivity index (χ3n) is 2.56. The van der Waals surface area contributed by atoms with Gasteiger partial charge in [-0.2, -0.15) is 9.57 Å². The number of nitrogens with one attached hydrogen (secondary N) is 1. The molecule has 0 saturated heterocycles. The van der Waals surface area contributed by atoms with Crippen LogP contribution in [0.5, 0.6) is 0 Å². The Balaban J connectivity index is 2.95. The molecule has 1 N–H and O–H groups in total. The first-order chi connectivity index (χ1) is 9.06. The van der Waals surface area contributed by atoms with E-state index < -0.39 is 10.0 Å². The van der Waals surface area contributed by atoms with E-state index in [2.05, 4.69) is 10.3 Å². The summed E-state index contributed by atoms with van der Waals surface area (Å²) in [6.07, 6.45) is 1.51. The average molecular weight is 282 g/mol. The molecule has 0 atom stereocenters. The second kappa shape index (κ2) is 7.07. The first kappa shape index (κ1) is 15.4. The molecule has 7 heteroatoms. The van der Waals surface area contributed by atoms with Crippen LogP contribution in [0.1, 0.15) is 20.3 Å². The van der Waals surface area contributed by atoms with Crippen molar-refractivity contribution >= 4 is 15.8 Å². The van der Waals surface area contributed by atoms with Gasteiger partial charge >= 0.3 is 0 Å². The van der Waals surface area contributed by atoms with E-state index >= 15 is 0 Å². The van der Waals surface area contributed by atoms with Gasteiger partial charge in [-0.15, -0.1) is 0 Å². The third kappa shape index (κ3) is 3.91. The molecule has 19 heavy (non-hydrogen) atoms. The topological polar surface area (TPSA) is 86.1 Å². The zero-order chi connectivity index (χ0) is 14.3. The number of aromatic nitrogens is 1. The molecular weight excluding hydrogens is 264 g/mol. The molecule has 1 aromatic rings. The largest absolute Gasteiger partial charge is 0.370 e. The maximum atomic E-state index is 12.3. The SMILES string of the molecule is CCNc1ccc(S(=O)(=O)N(CC)CCC#N)cn1. The third-order valence-corrected chi connectivity index (χ3v) is 4.52. The number of pyridine rings is 1. The predicted octanol–water partition coefficient (Wildman–Crippen LogP) is 1.44. The maximum absolute atomic E-state index is 12.3. The molecule has 0 saturated carbocycles. The van der Waals surface area contributed by atoms with Gasteiger partial charge in [0.15, 0.2) is 0 Å². The molecule has 0 radical (unpaired) electrons. The molecule has 0 spiro atoms. The summed E-state index contributed by atoms with van der Waals surface area (Å²) in [7, 11) is -3.56. The second-order valence-electron chi connectivity index (χ2n) is 3.81. The van der Waals surface area contributed by atoms with Crippen molar-refractivity contribution in [3.63, 3.8) is 0 Å². The van der Waals surface area contributed by atoms with Crippen molar-refractivity contribution in [1.29, 1.82) is 5.26 Å². The molecule has 1 rings (SSSR count). The Bertz CT molecular complexity index is 534. The van der Waals surface area contributed by atoms with Crippen LogP contribution in [0.15, 0.2) is 23.2 Å². The molecule has 0 aliphatic carbocycles. The molecule has 0 unspecified atom stereocenters. The lowest BCUT2D eigenvalue weighted by atomic mass is 10.4. The number of nitriles is 1. The first-order valence-electron chi connectivity index (χ1n) is 6.13. The van der Waals surface area contributed by atoms with Gasteiger partial charge < -0.3 is 5.32 Å². The summed E-state index contributed by atoms with van der Waals surface area (Å²) < 4.78 is 25.9. The summed E-state index contributed by atoms with van der Waals surface area (Å²) in [4.78, 5) is 4.20. The number of sulfonamides is 1. The van der Waals surface area contributed by atoms with Crippen LogP contribution in [-0.2, 0) is 10.0 Å². The van der Waals surface area contributed by atoms with Crippen LogP contribution >= 0.6 is 0 Å². The van der Waals surface area contributed by atoms with Gasteiger partial charge in [0.25, 0.3) is 0 Å². The van der Waals surface area contributed by atoms with Crippen molar-refractivity contribution in [2.24, 2.45) is 0 Å².